The van der Waals surface area contributed by atoms with Crippen LogP contribution in [0.25, 0.3) is 6.08 Å². The molecular weight excluding hydrogens is 254 g/mol. The van der Waals surface area contributed by atoms with Gasteiger partial charge in [0.25, 0.3) is 0 Å². The van der Waals surface area contributed by atoms with E-state index >= 15 is 0 Å². The van der Waals surface area contributed by atoms with Crippen molar-refractivity contribution in [1.82, 2.24) is 0 Å². The number of ketones is 1. The molecule has 0 atom stereocenters. The number of nitrogens with zero attached hydrogens (tertiary/aromatic N) is 1. The number of carbonyl (C=O) groups excluding carboxylic acids is 1. The largest absolute Gasteiger partial charge is 0.287 e. The molecular formula is C16H13NOS. The molecule has 1 heterocycles. The highest BCUT2D eigenvalue weighted by molar-refractivity contribution is 7.12. The fourth-order valence-corrected chi connectivity index (χ4v) is 2.66. The number of allylic oxidation sites excluding steroid dienone is 1. The molecule has 0 aliphatic carbocycles. The lowest BCUT2D eigenvalue weighted by molar-refractivity contribution is 0.104. The Labute approximate surface area is 116 Å². The number of carbonyl (C=O) groups is 1. The van der Waals surface area contributed by atoms with E-state index in [0.717, 1.165) is 16.7 Å². The van der Waals surface area contributed by atoms with E-state index < -0.39 is 0 Å². The fourth-order valence-electron chi connectivity index (χ4n) is 1.78. The number of Topliss-reactive ketones (excluding diaryl/α,β-unsaturated/α-hetero) is 1. The van der Waals surface area contributed by atoms with Gasteiger partial charge in [-0.25, -0.2) is 0 Å². The normalized spacial score (nSPS) is 11.1. The average Bonchev–Trinajstić information content (AvgIpc) is 2.83. The van der Waals surface area contributed by atoms with Crippen LogP contribution in [0.3, 0.4) is 0 Å². The molecule has 0 saturated heterocycles. The number of aryl methyl sites for hydroxylation is 2. The van der Waals surface area contributed by atoms with Gasteiger partial charge in [0, 0.05) is 0 Å². The third-order valence-corrected chi connectivity index (χ3v) is 3.94. The molecule has 94 valence electrons. The summed E-state index contributed by atoms with van der Waals surface area (Å²) in [5, 5.41) is 11.1. The van der Waals surface area contributed by atoms with E-state index in [1.807, 2.05) is 55.6 Å². The lowest BCUT2D eigenvalue weighted by Crippen LogP contribution is -2.01. The van der Waals surface area contributed by atoms with Crippen molar-refractivity contribution < 1.29 is 4.79 Å². The molecule has 0 saturated carbocycles. The number of thiophene rings is 1. The summed E-state index contributed by atoms with van der Waals surface area (Å²) in [7, 11) is 0. The van der Waals surface area contributed by atoms with Gasteiger partial charge in [-0.1, -0.05) is 24.3 Å². The van der Waals surface area contributed by atoms with Gasteiger partial charge in [0.1, 0.15) is 11.6 Å². The van der Waals surface area contributed by atoms with Gasteiger partial charge in [-0.15, -0.1) is 11.3 Å². The van der Waals surface area contributed by atoms with Gasteiger partial charge in [0.15, 0.2) is 0 Å². The summed E-state index contributed by atoms with van der Waals surface area (Å²) >= 11 is 1.37. The molecule has 0 fully saturated rings. The minimum Gasteiger partial charge on any atom is -0.287 e. The van der Waals surface area contributed by atoms with Crippen LogP contribution in [0.15, 0.2) is 41.3 Å². The fraction of sp³-hybridized carbons (Fsp3) is 0.125. The second-order valence-electron chi connectivity index (χ2n) is 4.29. The minimum absolute atomic E-state index is 0.180. The van der Waals surface area contributed by atoms with Crippen molar-refractivity contribution in [2.24, 2.45) is 0 Å². The number of benzene rings is 1. The first-order chi connectivity index (χ1) is 9.13. The molecule has 2 nitrogen and oxygen atoms in total. The molecule has 1 aromatic heterocycles. The quantitative estimate of drug-likeness (QED) is 0.476. The zero-order valence-electron chi connectivity index (χ0n) is 10.8. The van der Waals surface area contributed by atoms with Gasteiger partial charge >= 0.3 is 0 Å². The maximum Gasteiger partial charge on any atom is 0.213 e. The maximum absolute atomic E-state index is 12.3. The molecule has 0 bridgehead atoms. The van der Waals surface area contributed by atoms with E-state index in [-0.39, 0.29) is 11.4 Å². The first-order valence-corrected chi connectivity index (χ1v) is 6.77. The summed E-state index contributed by atoms with van der Waals surface area (Å²) in [5.74, 6) is -0.196. The lowest BCUT2D eigenvalue weighted by Gasteiger charge is -2.01. The number of rotatable bonds is 3. The molecule has 19 heavy (non-hydrogen) atoms. The van der Waals surface area contributed by atoms with E-state index in [1.54, 1.807) is 6.08 Å². The molecule has 0 amide bonds. The van der Waals surface area contributed by atoms with Crippen LogP contribution >= 0.6 is 11.3 Å². The monoisotopic (exact) mass is 267 g/mol. The standard InChI is InChI=1S/C16H13NOS/c1-11-5-3-4-6-13(11)9-14(10-17)15(18)16-12(2)7-8-19-16/h3-9H,1-2H3/b14-9-. The molecule has 0 unspecified atom stereocenters. The van der Waals surface area contributed by atoms with Crippen LogP contribution in [-0.4, -0.2) is 5.78 Å². The van der Waals surface area contributed by atoms with Crippen LogP contribution in [0, 0.1) is 25.2 Å². The predicted molar refractivity (Wildman–Crippen MR) is 78.2 cm³/mol. The Morgan fingerprint density at radius 1 is 1.21 bits per heavy atom. The second-order valence-corrected chi connectivity index (χ2v) is 5.20. The van der Waals surface area contributed by atoms with Gasteiger partial charge < -0.3 is 0 Å². The van der Waals surface area contributed by atoms with E-state index in [1.165, 1.54) is 11.3 Å². The Hall–Kier alpha value is -2.18. The molecule has 0 N–H and O–H groups in total. The summed E-state index contributed by atoms with van der Waals surface area (Å²) in [5.41, 5.74) is 3.05. The Kier molecular flexibility index (Phi) is 3.94. The van der Waals surface area contributed by atoms with Crippen molar-refractivity contribution in [1.29, 1.82) is 5.26 Å². The molecule has 0 spiro atoms. The number of hydrogen-bond acceptors (Lipinski definition) is 3. The highest BCUT2D eigenvalue weighted by Crippen LogP contribution is 2.21. The molecule has 1 aromatic carbocycles. The number of hydrogen-bond donors (Lipinski definition) is 0. The van der Waals surface area contributed by atoms with Crippen molar-refractivity contribution in [2.45, 2.75) is 13.8 Å². The van der Waals surface area contributed by atoms with Crippen LogP contribution in [-0.2, 0) is 0 Å². The summed E-state index contributed by atoms with van der Waals surface area (Å²) in [6, 6.07) is 11.6. The Morgan fingerprint density at radius 2 is 1.95 bits per heavy atom. The molecule has 2 aromatic rings. The van der Waals surface area contributed by atoms with Crippen LogP contribution in [0.5, 0.6) is 0 Å². The van der Waals surface area contributed by atoms with E-state index in [0.29, 0.717) is 4.88 Å². The first-order valence-electron chi connectivity index (χ1n) is 5.89. The van der Waals surface area contributed by atoms with Crippen molar-refractivity contribution in [3.8, 4) is 6.07 Å². The summed E-state index contributed by atoms with van der Waals surface area (Å²) in [6.07, 6.45) is 1.66. The Morgan fingerprint density at radius 3 is 2.53 bits per heavy atom. The van der Waals surface area contributed by atoms with Gasteiger partial charge in [0.2, 0.25) is 5.78 Å². The third kappa shape index (κ3) is 2.81. The average molecular weight is 267 g/mol. The SMILES string of the molecule is Cc1ccccc1/C=C(/C#N)C(=O)c1sccc1C. The smallest absolute Gasteiger partial charge is 0.213 e. The van der Waals surface area contributed by atoms with Crippen molar-refractivity contribution in [2.75, 3.05) is 0 Å². The van der Waals surface area contributed by atoms with Crippen LogP contribution in [0.1, 0.15) is 26.4 Å². The highest BCUT2D eigenvalue weighted by Gasteiger charge is 2.15. The van der Waals surface area contributed by atoms with Crippen molar-refractivity contribution in [3.63, 3.8) is 0 Å². The molecule has 0 aliphatic rings. The molecule has 3 heteroatoms. The predicted octanol–water partition coefficient (Wildman–Crippen LogP) is 4.15. The highest BCUT2D eigenvalue weighted by atomic mass is 32.1. The Balaban J connectivity index is 2.42. The van der Waals surface area contributed by atoms with Crippen molar-refractivity contribution >= 4 is 23.2 Å². The van der Waals surface area contributed by atoms with Gasteiger partial charge in [-0.2, -0.15) is 5.26 Å². The summed E-state index contributed by atoms with van der Waals surface area (Å²) in [6.45, 7) is 3.84. The summed E-state index contributed by atoms with van der Waals surface area (Å²) < 4.78 is 0. The van der Waals surface area contributed by atoms with Gasteiger partial charge in [0.05, 0.1) is 4.88 Å². The topological polar surface area (TPSA) is 40.9 Å². The Bertz CT molecular complexity index is 689. The van der Waals surface area contributed by atoms with Crippen LogP contribution in [0.4, 0.5) is 0 Å². The van der Waals surface area contributed by atoms with E-state index in [4.69, 9.17) is 0 Å². The molecule has 0 aliphatic heterocycles. The summed E-state index contributed by atoms with van der Waals surface area (Å²) in [4.78, 5) is 12.9. The van der Waals surface area contributed by atoms with Gasteiger partial charge in [-0.3, -0.25) is 4.79 Å². The van der Waals surface area contributed by atoms with E-state index in [9.17, 15) is 10.1 Å². The van der Waals surface area contributed by atoms with Gasteiger partial charge in [-0.05, 0) is 48.1 Å². The second kappa shape index (κ2) is 5.64. The molecule has 0 radical (unpaired) electrons. The third-order valence-electron chi connectivity index (χ3n) is 2.92. The van der Waals surface area contributed by atoms with Crippen molar-refractivity contribution in [3.05, 3.63) is 62.9 Å². The minimum atomic E-state index is -0.196. The van der Waals surface area contributed by atoms with Crippen LogP contribution in [0.2, 0.25) is 0 Å². The zero-order chi connectivity index (χ0) is 13.8. The van der Waals surface area contributed by atoms with E-state index in [2.05, 4.69) is 0 Å². The first kappa shape index (κ1) is 13.3. The lowest BCUT2D eigenvalue weighted by atomic mass is 10.0. The molecule has 2 rings (SSSR count). The number of nitriles is 1. The zero-order valence-corrected chi connectivity index (χ0v) is 11.6. The van der Waals surface area contributed by atoms with Crippen LogP contribution < -0.4 is 0 Å². The maximum atomic E-state index is 12.3.